The second kappa shape index (κ2) is 8.04. The van der Waals surface area contributed by atoms with E-state index in [1.165, 1.54) is 0 Å². The van der Waals surface area contributed by atoms with Crippen molar-refractivity contribution in [1.29, 1.82) is 0 Å². The highest BCUT2D eigenvalue weighted by Gasteiger charge is 2.11. The second-order valence-corrected chi connectivity index (χ2v) is 5.08. The van der Waals surface area contributed by atoms with Crippen molar-refractivity contribution in [3.63, 3.8) is 0 Å². The molecule has 0 aliphatic heterocycles. The Hall–Kier alpha value is -1.37. The van der Waals surface area contributed by atoms with Gasteiger partial charge in [0.25, 0.3) is 0 Å². The molecule has 1 rings (SSSR count). The SMILES string of the molecule is COCCNC(=O)CN(C)c1ccc(C(N)=S)cc1Cl. The fraction of sp³-hybridized carbons (Fsp3) is 0.385. The number of nitrogens with zero attached hydrogens (tertiary/aromatic N) is 1. The number of amides is 1. The van der Waals surface area contributed by atoms with E-state index in [4.69, 9.17) is 34.3 Å². The number of benzene rings is 1. The third-order valence-corrected chi connectivity index (χ3v) is 3.19. The van der Waals surface area contributed by atoms with E-state index < -0.39 is 0 Å². The molecule has 20 heavy (non-hydrogen) atoms. The lowest BCUT2D eigenvalue weighted by Crippen LogP contribution is -2.36. The molecule has 0 saturated heterocycles. The first-order valence-electron chi connectivity index (χ1n) is 6.02. The number of rotatable bonds is 7. The molecule has 0 fully saturated rings. The van der Waals surface area contributed by atoms with Crippen LogP contribution in [-0.2, 0) is 9.53 Å². The van der Waals surface area contributed by atoms with Gasteiger partial charge in [0.15, 0.2) is 0 Å². The number of anilines is 1. The molecule has 0 atom stereocenters. The van der Waals surface area contributed by atoms with E-state index in [0.29, 0.717) is 28.7 Å². The molecule has 0 aliphatic carbocycles. The minimum absolute atomic E-state index is 0.0981. The van der Waals surface area contributed by atoms with E-state index in [-0.39, 0.29) is 12.5 Å². The van der Waals surface area contributed by atoms with Gasteiger partial charge in [0.2, 0.25) is 5.91 Å². The standard InChI is InChI=1S/C13H18ClN3O2S/c1-17(8-12(18)16-5-6-19-2)11-4-3-9(13(15)20)7-10(11)14/h3-4,7H,5-6,8H2,1-2H3,(H2,15,20)(H,16,18). The summed E-state index contributed by atoms with van der Waals surface area (Å²) in [4.78, 5) is 13.7. The fourth-order valence-electron chi connectivity index (χ4n) is 1.62. The zero-order valence-electron chi connectivity index (χ0n) is 11.5. The van der Waals surface area contributed by atoms with Gasteiger partial charge in [-0.05, 0) is 18.2 Å². The topological polar surface area (TPSA) is 67.6 Å². The van der Waals surface area contributed by atoms with E-state index in [9.17, 15) is 4.79 Å². The minimum atomic E-state index is -0.0981. The van der Waals surface area contributed by atoms with Crippen LogP contribution in [0.2, 0.25) is 5.02 Å². The van der Waals surface area contributed by atoms with Crippen molar-refractivity contribution >= 4 is 40.4 Å². The predicted octanol–water partition coefficient (Wildman–Crippen LogP) is 1.17. The van der Waals surface area contributed by atoms with Crippen molar-refractivity contribution in [3.05, 3.63) is 28.8 Å². The molecule has 3 N–H and O–H groups in total. The van der Waals surface area contributed by atoms with E-state index in [1.54, 1.807) is 37.3 Å². The number of ether oxygens (including phenoxy) is 1. The number of carbonyl (C=O) groups excluding carboxylic acids is 1. The highest BCUT2D eigenvalue weighted by molar-refractivity contribution is 7.80. The maximum absolute atomic E-state index is 11.7. The van der Waals surface area contributed by atoms with Crippen molar-refractivity contribution < 1.29 is 9.53 Å². The molecule has 5 nitrogen and oxygen atoms in total. The quantitative estimate of drug-likeness (QED) is 0.584. The monoisotopic (exact) mass is 315 g/mol. The molecule has 0 aromatic heterocycles. The van der Waals surface area contributed by atoms with Gasteiger partial charge in [-0.15, -0.1) is 0 Å². The first-order valence-corrected chi connectivity index (χ1v) is 6.80. The predicted molar refractivity (Wildman–Crippen MR) is 85.5 cm³/mol. The minimum Gasteiger partial charge on any atom is -0.389 e. The van der Waals surface area contributed by atoms with E-state index in [0.717, 1.165) is 5.69 Å². The van der Waals surface area contributed by atoms with Crippen molar-refractivity contribution in [3.8, 4) is 0 Å². The molecule has 0 heterocycles. The lowest BCUT2D eigenvalue weighted by molar-refractivity contribution is -0.119. The number of methoxy groups -OCH3 is 1. The summed E-state index contributed by atoms with van der Waals surface area (Å²) in [6.45, 7) is 1.17. The average Bonchev–Trinajstić information content (AvgIpc) is 2.38. The first kappa shape index (κ1) is 16.7. The number of halogens is 1. The Morgan fingerprint density at radius 2 is 2.25 bits per heavy atom. The first-order chi connectivity index (χ1) is 9.45. The van der Waals surface area contributed by atoms with Crippen LogP contribution in [0.4, 0.5) is 5.69 Å². The summed E-state index contributed by atoms with van der Waals surface area (Å²) in [5, 5.41) is 3.25. The molecule has 0 bridgehead atoms. The van der Waals surface area contributed by atoms with Crippen molar-refractivity contribution in [2.75, 3.05) is 38.8 Å². The number of nitrogens with two attached hydrogens (primary N) is 1. The second-order valence-electron chi connectivity index (χ2n) is 4.23. The summed E-state index contributed by atoms with van der Waals surface area (Å²) >= 11 is 11.1. The van der Waals surface area contributed by atoms with E-state index in [2.05, 4.69) is 5.32 Å². The summed E-state index contributed by atoms with van der Waals surface area (Å²) in [6, 6.07) is 5.26. The van der Waals surface area contributed by atoms with Crippen molar-refractivity contribution in [2.24, 2.45) is 5.73 Å². The van der Waals surface area contributed by atoms with Gasteiger partial charge in [0, 0.05) is 26.3 Å². The molecule has 1 aromatic rings. The lowest BCUT2D eigenvalue weighted by Gasteiger charge is -2.20. The Kier molecular flexibility index (Phi) is 6.70. The molecule has 0 spiro atoms. The van der Waals surface area contributed by atoms with Gasteiger partial charge in [-0.2, -0.15) is 0 Å². The summed E-state index contributed by atoms with van der Waals surface area (Å²) in [7, 11) is 3.37. The van der Waals surface area contributed by atoms with Crippen LogP contribution in [0.3, 0.4) is 0 Å². The molecule has 110 valence electrons. The zero-order chi connectivity index (χ0) is 15.1. The summed E-state index contributed by atoms with van der Waals surface area (Å²) in [5.41, 5.74) is 6.99. The summed E-state index contributed by atoms with van der Waals surface area (Å²) in [6.07, 6.45) is 0. The van der Waals surface area contributed by atoms with E-state index in [1.807, 2.05) is 0 Å². The number of thiocarbonyl (C=S) groups is 1. The van der Waals surface area contributed by atoms with Crippen LogP contribution < -0.4 is 16.0 Å². The maximum Gasteiger partial charge on any atom is 0.239 e. The molecule has 1 amide bonds. The van der Waals surface area contributed by atoms with Gasteiger partial charge >= 0.3 is 0 Å². The maximum atomic E-state index is 11.7. The summed E-state index contributed by atoms with van der Waals surface area (Å²) < 4.78 is 4.86. The van der Waals surface area contributed by atoms with Crippen LogP contribution >= 0.6 is 23.8 Å². The number of carbonyl (C=O) groups is 1. The molecule has 7 heteroatoms. The zero-order valence-corrected chi connectivity index (χ0v) is 13.1. The highest BCUT2D eigenvalue weighted by atomic mass is 35.5. The molecular formula is C13H18ClN3O2S. The van der Waals surface area contributed by atoms with Gasteiger partial charge in [0.05, 0.1) is 23.9 Å². The number of hydrogen-bond donors (Lipinski definition) is 2. The van der Waals surface area contributed by atoms with Crippen LogP contribution in [0.5, 0.6) is 0 Å². The van der Waals surface area contributed by atoms with Gasteiger partial charge < -0.3 is 20.7 Å². The third-order valence-electron chi connectivity index (χ3n) is 2.65. The van der Waals surface area contributed by atoms with E-state index >= 15 is 0 Å². The van der Waals surface area contributed by atoms with Crippen molar-refractivity contribution in [2.45, 2.75) is 0 Å². The van der Waals surface area contributed by atoms with Crippen LogP contribution in [-0.4, -0.2) is 44.7 Å². The Balaban J connectivity index is 2.65. The Morgan fingerprint density at radius 3 is 2.80 bits per heavy atom. The van der Waals surface area contributed by atoms with Crippen LogP contribution in [0.1, 0.15) is 5.56 Å². The van der Waals surface area contributed by atoms with Gasteiger partial charge in [-0.25, -0.2) is 0 Å². The number of hydrogen-bond acceptors (Lipinski definition) is 4. The Morgan fingerprint density at radius 1 is 1.55 bits per heavy atom. The van der Waals surface area contributed by atoms with Crippen molar-refractivity contribution in [1.82, 2.24) is 5.32 Å². The van der Waals surface area contributed by atoms with Gasteiger partial charge in [0.1, 0.15) is 4.99 Å². The average molecular weight is 316 g/mol. The molecule has 0 aliphatic rings. The fourth-order valence-corrected chi connectivity index (χ4v) is 2.07. The molecule has 0 radical (unpaired) electrons. The van der Waals surface area contributed by atoms with Gasteiger partial charge in [-0.1, -0.05) is 23.8 Å². The largest absolute Gasteiger partial charge is 0.389 e. The van der Waals surface area contributed by atoms with Crippen LogP contribution in [0, 0.1) is 0 Å². The molecular weight excluding hydrogens is 298 g/mol. The summed E-state index contributed by atoms with van der Waals surface area (Å²) in [5.74, 6) is -0.0981. The highest BCUT2D eigenvalue weighted by Crippen LogP contribution is 2.25. The normalized spacial score (nSPS) is 10.2. The smallest absolute Gasteiger partial charge is 0.239 e. The molecule has 0 unspecified atom stereocenters. The molecule has 1 aromatic carbocycles. The molecule has 0 saturated carbocycles. The third kappa shape index (κ3) is 4.96. The van der Waals surface area contributed by atoms with Crippen LogP contribution in [0.25, 0.3) is 0 Å². The Bertz CT molecular complexity index is 497. The van der Waals surface area contributed by atoms with Gasteiger partial charge in [-0.3, -0.25) is 4.79 Å². The Labute approximate surface area is 129 Å². The lowest BCUT2D eigenvalue weighted by atomic mass is 10.2. The number of nitrogens with one attached hydrogen (secondary N) is 1. The number of likely N-dealkylation sites (N-methyl/N-ethyl adjacent to an activating group) is 1. The van der Waals surface area contributed by atoms with Crippen LogP contribution in [0.15, 0.2) is 18.2 Å².